The molecular formula is C21H23N3O4. The number of fused-ring (bicyclic) bond motifs is 1. The van der Waals surface area contributed by atoms with E-state index in [1.54, 1.807) is 45.0 Å². The Morgan fingerprint density at radius 3 is 2.50 bits per heavy atom. The lowest BCUT2D eigenvalue weighted by Gasteiger charge is -2.19. The van der Waals surface area contributed by atoms with E-state index in [4.69, 9.17) is 9.47 Å². The van der Waals surface area contributed by atoms with E-state index in [-0.39, 0.29) is 6.61 Å². The second-order valence-corrected chi connectivity index (χ2v) is 7.43. The van der Waals surface area contributed by atoms with E-state index in [9.17, 15) is 9.59 Å². The highest BCUT2D eigenvalue weighted by Crippen LogP contribution is 2.15. The lowest BCUT2D eigenvalue weighted by Crippen LogP contribution is -2.27. The average Bonchev–Trinajstić information content (AvgIpc) is 3.03. The van der Waals surface area contributed by atoms with Gasteiger partial charge >= 0.3 is 12.1 Å². The number of nitrogens with zero attached hydrogens (tertiary/aromatic N) is 2. The lowest BCUT2D eigenvalue weighted by atomic mass is 10.2. The molecule has 0 fully saturated rings. The molecule has 1 amide bonds. The SMILES string of the molecule is Cc1cccn2cc(COC(=O)c3ccc(NC(=O)OC(C)(C)C)cc3)nc12. The van der Waals surface area contributed by atoms with Gasteiger partial charge in [0.15, 0.2) is 0 Å². The van der Waals surface area contributed by atoms with E-state index < -0.39 is 17.7 Å². The van der Waals surface area contributed by atoms with Crippen LogP contribution in [0.2, 0.25) is 0 Å². The summed E-state index contributed by atoms with van der Waals surface area (Å²) in [5, 5.41) is 2.62. The Morgan fingerprint density at radius 2 is 1.86 bits per heavy atom. The van der Waals surface area contributed by atoms with Crippen molar-refractivity contribution in [2.75, 3.05) is 5.32 Å². The number of aryl methyl sites for hydroxylation is 1. The Labute approximate surface area is 163 Å². The zero-order valence-corrected chi connectivity index (χ0v) is 16.4. The van der Waals surface area contributed by atoms with Crippen LogP contribution in [0.25, 0.3) is 5.65 Å². The Morgan fingerprint density at radius 1 is 1.14 bits per heavy atom. The van der Waals surface area contributed by atoms with Gasteiger partial charge < -0.3 is 13.9 Å². The fourth-order valence-electron chi connectivity index (χ4n) is 2.61. The predicted molar refractivity (Wildman–Crippen MR) is 105 cm³/mol. The van der Waals surface area contributed by atoms with Crippen molar-refractivity contribution >= 4 is 23.4 Å². The average molecular weight is 381 g/mol. The van der Waals surface area contributed by atoms with E-state index in [1.165, 1.54) is 0 Å². The first-order chi connectivity index (χ1) is 13.2. The molecule has 7 nitrogen and oxygen atoms in total. The number of imidazole rings is 1. The molecule has 7 heteroatoms. The maximum Gasteiger partial charge on any atom is 0.412 e. The molecule has 3 aromatic rings. The maximum atomic E-state index is 12.3. The maximum absolute atomic E-state index is 12.3. The first-order valence-corrected chi connectivity index (χ1v) is 8.92. The molecule has 28 heavy (non-hydrogen) atoms. The fraction of sp³-hybridized carbons (Fsp3) is 0.286. The zero-order valence-electron chi connectivity index (χ0n) is 16.4. The fourth-order valence-corrected chi connectivity index (χ4v) is 2.61. The molecular weight excluding hydrogens is 358 g/mol. The number of nitrogens with one attached hydrogen (secondary N) is 1. The van der Waals surface area contributed by atoms with Gasteiger partial charge in [-0.15, -0.1) is 0 Å². The van der Waals surface area contributed by atoms with Crippen molar-refractivity contribution in [3.63, 3.8) is 0 Å². The number of carbonyl (C=O) groups excluding carboxylic acids is 2. The van der Waals surface area contributed by atoms with Gasteiger partial charge in [-0.25, -0.2) is 14.6 Å². The summed E-state index contributed by atoms with van der Waals surface area (Å²) in [7, 11) is 0. The smallest absolute Gasteiger partial charge is 0.412 e. The number of pyridine rings is 1. The third kappa shape index (κ3) is 4.88. The number of amides is 1. The molecule has 0 unspecified atom stereocenters. The van der Waals surface area contributed by atoms with Crippen LogP contribution in [-0.2, 0) is 16.1 Å². The molecule has 0 aliphatic heterocycles. The van der Waals surface area contributed by atoms with Gasteiger partial charge in [-0.05, 0) is 63.6 Å². The molecule has 0 aliphatic carbocycles. The molecule has 0 saturated heterocycles. The zero-order chi connectivity index (χ0) is 20.3. The highest BCUT2D eigenvalue weighted by molar-refractivity contribution is 5.91. The van der Waals surface area contributed by atoms with E-state index in [1.807, 2.05) is 35.9 Å². The summed E-state index contributed by atoms with van der Waals surface area (Å²) >= 11 is 0. The van der Waals surface area contributed by atoms with Crippen LogP contribution < -0.4 is 5.32 Å². The molecule has 2 heterocycles. The van der Waals surface area contributed by atoms with Crippen molar-refractivity contribution < 1.29 is 19.1 Å². The van der Waals surface area contributed by atoms with E-state index in [0.717, 1.165) is 11.2 Å². The summed E-state index contributed by atoms with van der Waals surface area (Å²) in [5.74, 6) is -0.461. The molecule has 0 atom stereocenters. The van der Waals surface area contributed by atoms with Crippen LogP contribution in [0.1, 0.15) is 42.4 Å². The number of aromatic nitrogens is 2. The van der Waals surface area contributed by atoms with E-state index >= 15 is 0 Å². The minimum absolute atomic E-state index is 0.0812. The minimum Gasteiger partial charge on any atom is -0.456 e. The van der Waals surface area contributed by atoms with Gasteiger partial charge in [0, 0.05) is 18.1 Å². The summed E-state index contributed by atoms with van der Waals surface area (Å²) in [6.07, 6.45) is 3.19. The van der Waals surface area contributed by atoms with Crippen LogP contribution >= 0.6 is 0 Å². The Hall–Kier alpha value is -3.35. The lowest BCUT2D eigenvalue weighted by molar-refractivity contribution is 0.0468. The van der Waals surface area contributed by atoms with Gasteiger partial charge in [0.1, 0.15) is 17.9 Å². The molecule has 1 N–H and O–H groups in total. The largest absolute Gasteiger partial charge is 0.456 e. The van der Waals surface area contributed by atoms with Crippen LogP contribution in [0.5, 0.6) is 0 Å². The van der Waals surface area contributed by atoms with Gasteiger partial charge in [0.25, 0.3) is 0 Å². The summed E-state index contributed by atoms with van der Waals surface area (Å²) in [6.45, 7) is 7.42. The first-order valence-electron chi connectivity index (χ1n) is 8.92. The first kappa shape index (κ1) is 19.4. The molecule has 146 valence electrons. The molecule has 0 bridgehead atoms. The van der Waals surface area contributed by atoms with Crippen molar-refractivity contribution in [2.24, 2.45) is 0 Å². The highest BCUT2D eigenvalue weighted by atomic mass is 16.6. The van der Waals surface area contributed by atoms with Crippen LogP contribution in [0, 0.1) is 6.92 Å². The molecule has 0 aliphatic rings. The van der Waals surface area contributed by atoms with Gasteiger partial charge in [-0.2, -0.15) is 0 Å². The van der Waals surface area contributed by atoms with E-state index in [2.05, 4.69) is 10.3 Å². The number of esters is 1. The van der Waals surface area contributed by atoms with Gasteiger partial charge in [-0.1, -0.05) is 6.07 Å². The van der Waals surface area contributed by atoms with Gasteiger partial charge in [0.05, 0.1) is 11.3 Å². The molecule has 3 rings (SSSR count). The number of rotatable bonds is 4. The van der Waals surface area contributed by atoms with Crippen LogP contribution in [0.4, 0.5) is 10.5 Å². The quantitative estimate of drug-likeness (QED) is 0.680. The summed E-state index contributed by atoms with van der Waals surface area (Å²) in [6, 6.07) is 10.3. The number of hydrogen-bond donors (Lipinski definition) is 1. The standard InChI is InChI=1S/C21H23N3O4/c1-14-6-5-11-24-12-17(22-18(14)24)13-27-19(25)15-7-9-16(10-8-15)23-20(26)28-21(2,3)4/h5-12H,13H2,1-4H3,(H,23,26). The Balaban J connectivity index is 1.58. The van der Waals surface area contributed by atoms with Crippen molar-refractivity contribution in [3.8, 4) is 0 Å². The van der Waals surface area contributed by atoms with Crippen LogP contribution in [0.15, 0.2) is 48.8 Å². The third-order valence-electron chi connectivity index (χ3n) is 3.84. The van der Waals surface area contributed by atoms with Gasteiger partial charge in [-0.3, -0.25) is 5.32 Å². The number of benzene rings is 1. The number of hydrogen-bond acceptors (Lipinski definition) is 5. The monoisotopic (exact) mass is 381 g/mol. The summed E-state index contributed by atoms with van der Waals surface area (Å²) in [4.78, 5) is 28.5. The Kier molecular flexibility index (Phi) is 5.35. The number of anilines is 1. The second kappa shape index (κ2) is 7.72. The third-order valence-corrected chi connectivity index (χ3v) is 3.84. The van der Waals surface area contributed by atoms with Crippen LogP contribution in [-0.4, -0.2) is 27.0 Å². The van der Waals surface area contributed by atoms with Gasteiger partial charge in [0.2, 0.25) is 0 Å². The predicted octanol–water partition coefficient (Wildman–Crippen LogP) is 4.35. The minimum atomic E-state index is -0.579. The van der Waals surface area contributed by atoms with Crippen molar-refractivity contribution in [3.05, 3.63) is 65.6 Å². The number of carbonyl (C=O) groups is 2. The molecule has 2 aromatic heterocycles. The van der Waals surface area contributed by atoms with Crippen molar-refractivity contribution in [1.29, 1.82) is 0 Å². The molecule has 1 aromatic carbocycles. The van der Waals surface area contributed by atoms with Crippen LogP contribution in [0.3, 0.4) is 0 Å². The molecule has 0 spiro atoms. The number of ether oxygens (including phenoxy) is 2. The van der Waals surface area contributed by atoms with E-state index in [0.29, 0.717) is 16.9 Å². The summed E-state index contributed by atoms with van der Waals surface area (Å²) in [5.41, 5.74) is 2.89. The topological polar surface area (TPSA) is 81.9 Å². The molecule has 0 radical (unpaired) electrons. The van der Waals surface area contributed by atoms with Crippen molar-refractivity contribution in [1.82, 2.24) is 9.38 Å². The Bertz CT molecular complexity index is 1000. The second-order valence-electron chi connectivity index (χ2n) is 7.43. The summed E-state index contributed by atoms with van der Waals surface area (Å²) < 4.78 is 12.4. The normalized spacial score (nSPS) is 11.3. The van der Waals surface area contributed by atoms with Crippen molar-refractivity contribution in [2.45, 2.75) is 39.9 Å². The molecule has 0 saturated carbocycles. The highest BCUT2D eigenvalue weighted by Gasteiger charge is 2.16.